The Morgan fingerprint density at radius 1 is 0.452 bits per heavy atom. The van der Waals surface area contributed by atoms with Gasteiger partial charge in [0.25, 0.3) is 0 Å². The molecule has 0 aliphatic carbocycles. The molecule has 4 aromatic carbocycles. The first-order valence-electron chi connectivity index (χ1n) is 15.2. The normalized spacial score (nSPS) is 12.5. The average molecular weight is 595 g/mol. The van der Waals surface area contributed by atoms with Gasteiger partial charge in [0.2, 0.25) is 0 Å². The highest BCUT2D eigenvalue weighted by Crippen LogP contribution is 2.30. The summed E-state index contributed by atoms with van der Waals surface area (Å²) < 4.78 is 0. The fourth-order valence-electron chi connectivity index (χ4n) is 5.06. The highest BCUT2D eigenvalue weighted by molar-refractivity contribution is 8.00. The van der Waals surface area contributed by atoms with Crippen molar-refractivity contribution in [3.63, 3.8) is 0 Å². The maximum atomic E-state index is 13.3. The summed E-state index contributed by atoms with van der Waals surface area (Å²) in [6, 6.07) is 41.4. The van der Waals surface area contributed by atoms with Gasteiger partial charge >= 0.3 is 0 Å². The van der Waals surface area contributed by atoms with Crippen molar-refractivity contribution >= 4 is 35.1 Å². The van der Waals surface area contributed by atoms with Gasteiger partial charge in [-0.25, -0.2) is 0 Å². The first kappa shape index (κ1) is 31.8. The van der Waals surface area contributed by atoms with E-state index >= 15 is 0 Å². The van der Waals surface area contributed by atoms with Crippen LogP contribution in [0.3, 0.4) is 0 Å². The first-order valence-corrected chi connectivity index (χ1v) is 17.0. The maximum Gasteiger partial charge on any atom is 0.146 e. The summed E-state index contributed by atoms with van der Waals surface area (Å²) in [5.41, 5.74) is 2.56. The molecule has 0 radical (unpaired) electrons. The van der Waals surface area contributed by atoms with E-state index in [2.05, 4.69) is 72.8 Å². The fourth-order valence-corrected chi connectivity index (χ4v) is 7.31. The van der Waals surface area contributed by atoms with E-state index < -0.39 is 0 Å². The molecular weight excluding hydrogens is 553 g/mol. The minimum absolute atomic E-state index is 0.0328. The lowest BCUT2D eigenvalue weighted by atomic mass is 10.0. The van der Waals surface area contributed by atoms with Gasteiger partial charge in [-0.1, -0.05) is 110 Å². The second-order valence-corrected chi connectivity index (χ2v) is 13.3. The van der Waals surface area contributed by atoms with E-state index in [4.69, 9.17) is 0 Å². The Balaban J connectivity index is 1.21. The van der Waals surface area contributed by atoms with Crippen LogP contribution in [0.25, 0.3) is 0 Å². The molecule has 0 saturated heterocycles. The quantitative estimate of drug-likeness (QED) is 0.0799. The van der Waals surface area contributed by atoms with Crippen molar-refractivity contribution in [2.75, 3.05) is 0 Å². The molecule has 0 aliphatic heterocycles. The molecule has 0 aromatic heterocycles. The summed E-state index contributed by atoms with van der Waals surface area (Å²) >= 11 is 3.40. The molecule has 0 N–H and O–H groups in total. The standard InChI is InChI=1S/C38H42O2S2/c39-35(37(41-33-21-11-5-12-22-33)29-27-31-17-7-3-8-18-31)25-15-1-2-16-26-36(40)38(42-34-23-13-6-14-24-34)30-28-32-19-9-4-10-20-32/h3-14,17-24,37-38H,1-2,15-16,25-30H2. The van der Waals surface area contributed by atoms with Crippen LogP contribution in [0.5, 0.6) is 0 Å². The highest BCUT2D eigenvalue weighted by atomic mass is 32.2. The van der Waals surface area contributed by atoms with Gasteiger partial charge < -0.3 is 0 Å². The van der Waals surface area contributed by atoms with Crippen LogP contribution in [-0.4, -0.2) is 22.1 Å². The van der Waals surface area contributed by atoms with Crippen LogP contribution in [0.4, 0.5) is 0 Å². The van der Waals surface area contributed by atoms with E-state index in [-0.39, 0.29) is 10.5 Å². The van der Waals surface area contributed by atoms with Crippen molar-refractivity contribution < 1.29 is 9.59 Å². The molecule has 218 valence electrons. The molecule has 0 spiro atoms. The third-order valence-electron chi connectivity index (χ3n) is 7.43. The molecule has 4 rings (SSSR count). The number of hydrogen-bond donors (Lipinski definition) is 0. The van der Waals surface area contributed by atoms with Crippen molar-refractivity contribution in [1.82, 2.24) is 0 Å². The molecule has 0 bridgehead atoms. The number of benzene rings is 4. The van der Waals surface area contributed by atoms with Gasteiger partial charge in [0, 0.05) is 22.6 Å². The zero-order chi connectivity index (χ0) is 29.2. The Morgan fingerprint density at radius 2 is 0.786 bits per heavy atom. The lowest BCUT2D eigenvalue weighted by Crippen LogP contribution is -2.18. The van der Waals surface area contributed by atoms with E-state index in [1.54, 1.807) is 23.5 Å². The van der Waals surface area contributed by atoms with E-state index in [0.717, 1.165) is 61.2 Å². The summed E-state index contributed by atoms with van der Waals surface area (Å²) in [7, 11) is 0. The average Bonchev–Trinajstić information content (AvgIpc) is 3.04. The number of thioether (sulfide) groups is 2. The van der Waals surface area contributed by atoms with Gasteiger partial charge in [0.15, 0.2) is 0 Å². The lowest BCUT2D eigenvalue weighted by molar-refractivity contribution is -0.119. The molecule has 0 heterocycles. The minimum atomic E-state index is -0.0328. The Bertz CT molecular complexity index is 1210. The van der Waals surface area contributed by atoms with E-state index in [0.29, 0.717) is 24.4 Å². The summed E-state index contributed by atoms with van der Waals surface area (Å²) in [5, 5.41) is -0.0656. The molecule has 0 fully saturated rings. The van der Waals surface area contributed by atoms with Crippen molar-refractivity contribution in [3.05, 3.63) is 132 Å². The predicted molar refractivity (Wildman–Crippen MR) is 179 cm³/mol. The monoisotopic (exact) mass is 594 g/mol. The van der Waals surface area contributed by atoms with Crippen LogP contribution < -0.4 is 0 Å². The molecule has 2 unspecified atom stereocenters. The summed E-state index contributed by atoms with van der Waals surface area (Å²) in [6.07, 6.45) is 8.48. The number of ketones is 2. The fraction of sp³-hybridized carbons (Fsp3) is 0.316. The topological polar surface area (TPSA) is 34.1 Å². The number of carbonyl (C=O) groups is 2. The number of carbonyl (C=O) groups excluding carboxylic acids is 2. The third kappa shape index (κ3) is 11.7. The van der Waals surface area contributed by atoms with Crippen LogP contribution in [0.2, 0.25) is 0 Å². The summed E-state index contributed by atoms with van der Waals surface area (Å²) in [4.78, 5) is 28.9. The molecule has 0 aliphatic rings. The molecular formula is C38H42O2S2. The van der Waals surface area contributed by atoms with Crippen LogP contribution in [0.15, 0.2) is 131 Å². The maximum absolute atomic E-state index is 13.3. The SMILES string of the molecule is O=C(CCCCCCC(=O)C(CCc1ccccc1)Sc1ccccc1)C(CCc1ccccc1)Sc1ccccc1. The molecule has 2 nitrogen and oxygen atoms in total. The van der Waals surface area contributed by atoms with Gasteiger partial charge in [-0.3, -0.25) is 9.59 Å². The second kappa shape index (κ2) is 18.5. The minimum Gasteiger partial charge on any atom is -0.298 e. The van der Waals surface area contributed by atoms with Crippen molar-refractivity contribution in [1.29, 1.82) is 0 Å². The molecule has 4 aromatic rings. The Labute approximate surface area is 260 Å². The van der Waals surface area contributed by atoms with Gasteiger partial charge in [0.1, 0.15) is 11.6 Å². The van der Waals surface area contributed by atoms with Gasteiger partial charge in [-0.05, 0) is 73.9 Å². The molecule has 0 amide bonds. The van der Waals surface area contributed by atoms with Crippen LogP contribution in [0, 0.1) is 0 Å². The molecule has 4 heteroatoms. The number of aryl methyl sites for hydroxylation is 2. The van der Waals surface area contributed by atoms with Crippen molar-refractivity contribution in [2.45, 2.75) is 84.5 Å². The summed E-state index contributed by atoms with van der Waals surface area (Å²) in [6.45, 7) is 0. The Hall–Kier alpha value is -3.08. The zero-order valence-electron chi connectivity index (χ0n) is 24.4. The van der Waals surface area contributed by atoms with Crippen LogP contribution in [-0.2, 0) is 22.4 Å². The Kier molecular flexibility index (Phi) is 14.0. The smallest absolute Gasteiger partial charge is 0.146 e. The van der Waals surface area contributed by atoms with Gasteiger partial charge in [-0.15, -0.1) is 23.5 Å². The van der Waals surface area contributed by atoms with E-state index in [1.165, 1.54) is 11.1 Å². The largest absolute Gasteiger partial charge is 0.298 e. The predicted octanol–water partition coefficient (Wildman–Crippen LogP) is 10.1. The van der Waals surface area contributed by atoms with E-state index in [1.807, 2.05) is 48.5 Å². The van der Waals surface area contributed by atoms with Crippen LogP contribution >= 0.6 is 23.5 Å². The first-order chi connectivity index (χ1) is 20.7. The number of rotatable bonds is 19. The lowest BCUT2D eigenvalue weighted by Gasteiger charge is -2.16. The molecule has 2 atom stereocenters. The van der Waals surface area contributed by atoms with E-state index in [9.17, 15) is 9.59 Å². The number of Topliss-reactive ketones (excluding diaryl/α,β-unsaturated/α-hetero) is 2. The van der Waals surface area contributed by atoms with Gasteiger partial charge in [-0.2, -0.15) is 0 Å². The summed E-state index contributed by atoms with van der Waals surface area (Å²) in [5.74, 6) is 0.687. The highest BCUT2D eigenvalue weighted by Gasteiger charge is 2.21. The molecule has 42 heavy (non-hydrogen) atoms. The number of unbranched alkanes of at least 4 members (excludes halogenated alkanes) is 3. The van der Waals surface area contributed by atoms with Crippen molar-refractivity contribution in [3.8, 4) is 0 Å². The van der Waals surface area contributed by atoms with Gasteiger partial charge in [0.05, 0.1) is 10.5 Å². The Morgan fingerprint density at radius 3 is 1.14 bits per heavy atom. The van der Waals surface area contributed by atoms with Crippen LogP contribution in [0.1, 0.15) is 62.5 Å². The third-order valence-corrected chi connectivity index (χ3v) is 10.1. The molecule has 0 saturated carbocycles. The zero-order valence-corrected chi connectivity index (χ0v) is 26.0. The van der Waals surface area contributed by atoms with Crippen molar-refractivity contribution in [2.24, 2.45) is 0 Å². The second-order valence-electron chi connectivity index (χ2n) is 10.7. The number of hydrogen-bond acceptors (Lipinski definition) is 4.